The predicted octanol–water partition coefficient (Wildman–Crippen LogP) is 4.54. The molecule has 0 heterocycles. The van der Waals surface area contributed by atoms with Gasteiger partial charge < -0.3 is 9.47 Å². The number of ketones is 1. The molecule has 122 valence electrons. The van der Waals surface area contributed by atoms with Crippen LogP contribution in [0.5, 0.6) is 11.5 Å². The molecular formula is C19H16ClNO3. The van der Waals surface area contributed by atoms with Gasteiger partial charge in [-0.1, -0.05) is 23.7 Å². The molecule has 0 N–H and O–H groups in total. The van der Waals surface area contributed by atoms with Gasteiger partial charge in [-0.2, -0.15) is 5.26 Å². The summed E-state index contributed by atoms with van der Waals surface area (Å²) in [5, 5.41) is 9.90. The molecule has 5 heteroatoms. The molecule has 0 unspecified atom stereocenters. The van der Waals surface area contributed by atoms with Gasteiger partial charge >= 0.3 is 0 Å². The van der Waals surface area contributed by atoms with Crippen LogP contribution < -0.4 is 9.47 Å². The van der Waals surface area contributed by atoms with E-state index in [0.29, 0.717) is 34.3 Å². The Morgan fingerprint density at radius 3 is 2.54 bits per heavy atom. The molecule has 0 amide bonds. The number of halogens is 1. The zero-order valence-electron chi connectivity index (χ0n) is 13.4. The average molecular weight is 342 g/mol. The van der Waals surface area contributed by atoms with E-state index >= 15 is 0 Å². The highest BCUT2D eigenvalue weighted by Crippen LogP contribution is 2.32. The Kier molecular flexibility index (Phi) is 6.00. The van der Waals surface area contributed by atoms with Crippen LogP contribution in [0.3, 0.4) is 0 Å². The number of Topliss-reactive ketones (excluding diaryl/α,β-unsaturated/α-hetero) is 1. The molecule has 0 aliphatic rings. The number of methoxy groups -OCH3 is 1. The SMILES string of the molecule is CCOc1cccc(/C=C(\C#N)C(=O)c2ccc(Cl)cc2)c1OC. The molecule has 0 aromatic heterocycles. The number of ether oxygens (including phenoxy) is 2. The Morgan fingerprint density at radius 2 is 1.96 bits per heavy atom. The normalized spacial score (nSPS) is 10.8. The first-order chi connectivity index (χ1) is 11.6. The highest BCUT2D eigenvalue weighted by Gasteiger charge is 2.15. The number of nitrogens with zero attached hydrogens (tertiary/aromatic N) is 1. The summed E-state index contributed by atoms with van der Waals surface area (Å²) in [7, 11) is 1.52. The molecule has 2 aromatic rings. The van der Waals surface area contributed by atoms with Gasteiger partial charge in [-0.3, -0.25) is 4.79 Å². The van der Waals surface area contributed by atoms with Crippen molar-refractivity contribution in [1.29, 1.82) is 5.26 Å². The Morgan fingerprint density at radius 1 is 1.25 bits per heavy atom. The van der Waals surface area contributed by atoms with Crippen LogP contribution in [0.15, 0.2) is 48.0 Å². The van der Waals surface area contributed by atoms with E-state index in [0.717, 1.165) is 0 Å². The number of para-hydroxylation sites is 1. The molecule has 0 bridgehead atoms. The van der Waals surface area contributed by atoms with E-state index in [1.807, 2.05) is 13.0 Å². The molecule has 4 nitrogen and oxygen atoms in total. The summed E-state index contributed by atoms with van der Waals surface area (Å²) in [6, 6.07) is 13.7. The van der Waals surface area contributed by atoms with Gasteiger partial charge in [0.25, 0.3) is 0 Å². The monoisotopic (exact) mass is 341 g/mol. The Labute approximate surface area is 145 Å². The highest BCUT2D eigenvalue weighted by atomic mass is 35.5. The summed E-state index contributed by atoms with van der Waals surface area (Å²) in [4.78, 5) is 12.5. The lowest BCUT2D eigenvalue weighted by atomic mass is 10.0. The molecule has 0 saturated carbocycles. The highest BCUT2D eigenvalue weighted by molar-refractivity contribution is 6.30. The van der Waals surface area contributed by atoms with Crippen LogP contribution in [-0.2, 0) is 0 Å². The van der Waals surface area contributed by atoms with Crippen molar-refractivity contribution in [2.75, 3.05) is 13.7 Å². The van der Waals surface area contributed by atoms with Crippen LogP contribution in [0.2, 0.25) is 5.02 Å². The number of carbonyl (C=O) groups excluding carboxylic acids is 1. The number of hydrogen-bond donors (Lipinski definition) is 0. The number of nitriles is 1. The van der Waals surface area contributed by atoms with E-state index in [1.165, 1.54) is 13.2 Å². The van der Waals surface area contributed by atoms with Gasteiger partial charge in [0.05, 0.1) is 13.7 Å². The zero-order valence-corrected chi connectivity index (χ0v) is 14.1. The predicted molar refractivity (Wildman–Crippen MR) is 93.5 cm³/mol. The van der Waals surface area contributed by atoms with Crippen LogP contribution >= 0.6 is 11.6 Å². The third kappa shape index (κ3) is 3.95. The number of benzene rings is 2. The molecule has 0 aliphatic carbocycles. The summed E-state index contributed by atoms with van der Waals surface area (Å²) >= 11 is 5.82. The Hall–Kier alpha value is -2.77. The second-order valence-electron chi connectivity index (χ2n) is 4.82. The summed E-state index contributed by atoms with van der Waals surface area (Å²) in [6.45, 7) is 2.35. The summed E-state index contributed by atoms with van der Waals surface area (Å²) in [5.41, 5.74) is 0.999. The fourth-order valence-electron chi connectivity index (χ4n) is 2.19. The first-order valence-electron chi connectivity index (χ1n) is 7.32. The smallest absolute Gasteiger partial charge is 0.203 e. The molecule has 2 rings (SSSR count). The van der Waals surface area contributed by atoms with Crippen LogP contribution in [0.25, 0.3) is 6.08 Å². The third-order valence-electron chi connectivity index (χ3n) is 3.28. The Balaban J connectivity index is 2.44. The van der Waals surface area contributed by atoms with E-state index in [9.17, 15) is 10.1 Å². The lowest BCUT2D eigenvalue weighted by molar-refractivity contribution is 0.104. The van der Waals surface area contributed by atoms with Crippen LogP contribution in [-0.4, -0.2) is 19.5 Å². The quantitative estimate of drug-likeness (QED) is 0.440. The van der Waals surface area contributed by atoms with E-state index in [2.05, 4.69) is 0 Å². The van der Waals surface area contributed by atoms with E-state index < -0.39 is 0 Å². The second-order valence-corrected chi connectivity index (χ2v) is 5.25. The molecule has 0 atom stereocenters. The molecular weight excluding hydrogens is 326 g/mol. The summed E-state index contributed by atoms with van der Waals surface area (Å²) in [5.74, 6) is 0.666. The fourth-order valence-corrected chi connectivity index (χ4v) is 2.32. The zero-order chi connectivity index (χ0) is 17.5. The van der Waals surface area contributed by atoms with Gasteiger partial charge in [0, 0.05) is 16.1 Å². The number of allylic oxidation sites excluding steroid dienone is 1. The third-order valence-corrected chi connectivity index (χ3v) is 3.54. The van der Waals surface area contributed by atoms with Crippen molar-refractivity contribution < 1.29 is 14.3 Å². The minimum Gasteiger partial charge on any atom is -0.492 e. The molecule has 2 aromatic carbocycles. The molecule has 24 heavy (non-hydrogen) atoms. The van der Waals surface area contributed by atoms with Gasteiger partial charge in [-0.05, 0) is 43.3 Å². The minimum absolute atomic E-state index is 0.00395. The van der Waals surface area contributed by atoms with Crippen LogP contribution in [0.4, 0.5) is 0 Å². The van der Waals surface area contributed by atoms with E-state index in [1.54, 1.807) is 42.5 Å². The number of rotatable bonds is 6. The summed E-state index contributed by atoms with van der Waals surface area (Å²) < 4.78 is 10.9. The first-order valence-corrected chi connectivity index (χ1v) is 7.70. The van der Waals surface area contributed by atoms with Crippen molar-refractivity contribution in [3.8, 4) is 17.6 Å². The maximum atomic E-state index is 12.5. The minimum atomic E-state index is -0.377. The maximum absolute atomic E-state index is 12.5. The molecule has 0 radical (unpaired) electrons. The first kappa shape index (κ1) is 17.6. The van der Waals surface area contributed by atoms with Crippen molar-refractivity contribution in [1.82, 2.24) is 0 Å². The van der Waals surface area contributed by atoms with Crippen molar-refractivity contribution in [3.05, 3.63) is 64.2 Å². The lowest BCUT2D eigenvalue weighted by Crippen LogP contribution is -2.02. The van der Waals surface area contributed by atoms with Crippen molar-refractivity contribution in [2.45, 2.75) is 6.92 Å². The van der Waals surface area contributed by atoms with E-state index in [4.69, 9.17) is 21.1 Å². The van der Waals surface area contributed by atoms with Crippen LogP contribution in [0, 0.1) is 11.3 Å². The van der Waals surface area contributed by atoms with Gasteiger partial charge in [-0.25, -0.2) is 0 Å². The van der Waals surface area contributed by atoms with Crippen molar-refractivity contribution >= 4 is 23.5 Å². The topological polar surface area (TPSA) is 59.3 Å². The molecule has 0 fully saturated rings. The van der Waals surface area contributed by atoms with Gasteiger partial charge in [0.1, 0.15) is 11.6 Å². The molecule has 0 spiro atoms. The number of hydrogen-bond acceptors (Lipinski definition) is 4. The molecule has 0 saturated heterocycles. The second kappa shape index (κ2) is 8.19. The van der Waals surface area contributed by atoms with Gasteiger partial charge in [0.2, 0.25) is 5.78 Å². The van der Waals surface area contributed by atoms with Crippen LogP contribution in [0.1, 0.15) is 22.8 Å². The number of carbonyl (C=O) groups is 1. The van der Waals surface area contributed by atoms with Crippen molar-refractivity contribution in [2.24, 2.45) is 0 Å². The Bertz CT molecular complexity index is 804. The largest absolute Gasteiger partial charge is 0.492 e. The van der Waals surface area contributed by atoms with Crippen molar-refractivity contribution in [3.63, 3.8) is 0 Å². The standard InChI is InChI=1S/C19H16ClNO3/c1-3-24-17-6-4-5-14(19(17)23-2)11-15(12-21)18(22)13-7-9-16(20)10-8-13/h4-11H,3H2,1-2H3/b15-11+. The average Bonchev–Trinajstić information content (AvgIpc) is 2.60. The fraction of sp³-hybridized carbons (Fsp3) is 0.158. The molecule has 0 aliphatic heterocycles. The van der Waals surface area contributed by atoms with E-state index in [-0.39, 0.29) is 11.4 Å². The maximum Gasteiger partial charge on any atom is 0.203 e. The summed E-state index contributed by atoms with van der Waals surface area (Å²) in [6.07, 6.45) is 1.50. The van der Waals surface area contributed by atoms with Gasteiger partial charge in [0.15, 0.2) is 11.5 Å². The van der Waals surface area contributed by atoms with Gasteiger partial charge in [-0.15, -0.1) is 0 Å². The lowest BCUT2D eigenvalue weighted by Gasteiger charge is -2.11.